The average Bonchev–Trinajstić information content (AvgIpc) is 2.70. The number of anilines is 2. The third kappa shape index (κ3) is 2.93. The lowest BCUT2D eigenvalue weighted by molar-refractivity contribution is 0.123. The van der Waals surface area contributed by atoms with Crippen LogP contribution in [0.5, 0.6) is 0 Å². The van der Waals surface area contributed by atoms with Gasteiger partial charge in [-0.05, 0) is 12.1 Å². The van der Waals surface area contributed by atoms with Gasteiger partial charge in [0, 0.05) is 27.2 Å². The molecule has 0 bridgehead atoms. The molecule has 2 aromatic rings. The van der Waals surface area contributed by atoms with Crippen LogP contribution < -0.4 is 15.3 Å². The molecule has 0 spiro atoms. The normalized spacial score (nSPS) is 16.0. The molecule has 1 N–H and O–H groups in total. The first-order chi connectivity index (χ1) is 10.8. The van der Waals surface area contributed by atoms with Crippen LogP contribution in [0.25, 0.3) is 11.0 Å². The highest BCUT2D eigenvalue weighted by Gasteiger charge is 2.20. The maximum Gasteiger partial charge on any atom is 0.328 e. The zero-order chi connectivity index (χ0) is 16.8. The summed E-state index contributed by atoms with van der Waals surface area (Å²) < 4.78 is 34.4. The summed E-state index contributed by atoms with van der Waals surface area (Å²) in [7, 11) is -0.0495. The first-order valence-electron chi connectivity index (χ1n) is 7.28. The van der Waals surface area contributed by atoms with Crippen molar-refractivity contribution < 1.29 is 13.2 Å². The van der Waals surface area contributed by atoms with Gasteiger partial charge in [0.1, 0.15) is 0 Å². The fourth-order valence-corrected chi connectivity index (χ4v) is 3.44. The zero-order valence-electron chi connectivity index (χ0n) is 13.4. The molecule has 23 heavy (non-hydrogen) atoms. The third-order valence-corrected chi connectivity index (χ3v) is 4.63. The van der Waals surface area contributed by atoms with Crippen molar-refractivity contribution in [3.8, 4) is 0 Å². The van der Waals surface area contributed by atoms with E-state index in [2.05, 4.69) is 9.62 Å². The zero-order valence-corrected chi connectivity index (χ0v) is 14.2. The summed E-state index contributed by atoms with van der Waals surface area (Å²) in [5.41, 5.74) is 2.53. The molecule has 3 rings (SSSR count). The van der Waals surface area contributed by atoms with E-state index in [1.54, 1.807) is 24.7 Å². The van der Waals surface area contributed by atoms with Crippen molar-refractivity contribution >= 4 is 32.4 Å². The van der Waals surface area contributed by atoms with Gasteiger partial charge in [-0.25, -0.2) is 13.2 Å². The van der Waals surface area contributed by atoms with Crippen LogP contribution in [0.15, 0.2) is 16.9 Å². The van der Waals surface area contributed by atoms with Gasteiger partial charge in [0.25, 0.3) is 0 Å². The Morgan fingerprint density at radius 3 is 2.22 bits per heavy atom. The first-order valence-corrected chi connectivity index (χ1v) is 9.17. The van der Waals surface area contributed by atoms with E-state index in [0.717, 1.165) is 17.5 Å². The number of ether oxygens (including phenoxy) is 1. The van der Waals surface area contributed by atoms with E-state index in [-0.39, 0.29) is 5.69 Å². The summed E-state index contributed by atoms with van der Waals surface area (Å²) in [6.07, 6.45) is 1.12. The molecule has 1 aliphatic heterocycles. The van der Waals surface area contributed by atoms with Crippen molar-refractivity contribution in [1.82, 2.24) is 9.13 Å². The summed E-state index contributed by atoms with van der Waals surface area (Å²) in [6, 6.07) is 3.57. The molecule has 9 heteroatoms. The Morgan fingerprint density at radius 1 is 1.09 bits per heavy atom. The van der Waals surface area contributed by atoms with Crippen LogP contribution in [-0.2, 0) is 28.9 Å². The predicted octanol–water partition coefficient (Wildman–Crippen LogP) is 0.0851. The van der Waals surface area contributed by atoms with Gasteiger partial charge in [0.05, 0.1) is 41.9 Å². The molecule has 0 radical (unpaired) electrons. The van der Waals surface area contributed by atoms with Crippen LogP contribution in [0.4, 0.5) is 11.4 Å². The molecule has 1 aliphatic rings. The molecule has 126 valence electrons. The molecular formula is C14H20N4O4S. The Balaban J connectivity index is 2.23. The minimum Gasteiger partial charge on any atom is -0.378 e. The van der Waals surface area contributed by atoms with Crippen LogP contribution in [0.1, 0.15) is 0 Å². The molecule has 0 aliphatic carbocycles. The number of sulfonamides is 1. The first kappa shape index (κ1) is 15.9. The van der Waals surface area contributed by atoms with Gasteiger partial charge in [-0.2, -0.15) is 0 Å². The Bertz CT molecular complexity index is 907. The fourth-order valence-electron chi connectivity index (χ4n) is 2.88. The summed E-state index contributed by atoms with van der Waals surface area (Å²) in [5, 5.41) is 0. The number of rotatable bonds is 3. The Labute approximate surface area is 134 Å². The number of imidazole rings is 1. The molecule has 0 unspecified atom stereocenters. The predicted molar refractivity (Wildman–Crippen MR) is 89.7 cm³/mol. The number of nitrogens with zero attached hydrogens (tertiary/aromatic N) is 3. The number of hydrogen-bond donors (Lipinski definition) is 1. The van der Waals surface area contributed by atoms with E-state index in [1.807, 2.05) is 6.07 Å². The molecule has 1 aromatic carbocycles. The highest BCUT2D eigenvalue weighted by atomic mass is 32.2. The monoisotopic (exact) mass is 340 g/mol. The van der Waals surface area contributed by atoms with Crippen LogP contribution in [-0.4, -0.2) is 50.1 Å². The molecular weight excluding hydrogens is 320 g/mol. The molecule has 0 saturated carbocycles. The maximum atomic E-state index is 12.1. The van der Waals surface area contributed by atoms with Crippen molar-refractivity contribution in [2.75, 3.05) is 42.2 Å². The van der Waals surface area contributed by atoms with E-state index in [0.29, 0.717) is 37.5 Å². The van der Waals surface area contributed by atoms with Gasteiger partial charge >= 0.3 is 5.69 Å². The number of hydrogen-bond acceptors (Lipinski definition) is 5. The molecule has 8 nitrogen and oxygen atoms in total. The average molecular weight is 340 g/mol. The topological polar surface area (TPSA) is 85.6 Å². The van der Waals surface area contributed by atoms with E-state index in [4.69, 9.17) is 4.74 Å². The SMILES string of the molecule is Cn1c(=O)n(C)c2cc(N3CCOCC3)c(NS(C)(=O)=O)cc21. The van der Waals surface area contributed by atoms with Gasteiger partial charge in [-0.3, -0.25) is 13.9 Å². The van der Waals surface area contributed by atoms with Gasteiger partial charge in [-0.1, -0.05) is 0 Å². The number of nitrogens with one attached hydrogen (secondary N) is 1. The second kappa shape index (κ2) is 5.57. The van der Waals surface area contributed by atoms with Crippen LogP contribution >= 0.6 is 0 Å². The summed E-state index contributed by atoms with van der Waals surface area (Å²) in [5.74, 6) is 0. The third-order valence-electron chi connectivity index (χ3n) is 4.04. The molecule has 1 fully saturated rings. The lowest BCUT2D eigenvalue weighted by Gasteiger charge is -2.30. The number of aromatic nitrogens is 2. The van der Waals surface area contributed by atoms with Crippen molar-refractivity contribution in [3.63, 3.8) is 0 Å². The lowest BCUT2D eigenvalue weighted by atomic mass is 10.2. The molecule has 0 atom stereocenters. The Morgan fingerprint density at radius 2 is 1.65 bits per heavy atom. The van der Waals surface area contributed by atoms with E-state index in [9.17, 15) is 13.2 Å². The summed E-state index contributed by atoms with van der Waals surface area (Å²) in [4.78, 5) is 14.2. The second-order valence-electron chi connectivity index (χ2n) is 5.73. The summed E-state index contributed by atoms with van der Waals surface area (Å²) >= 11 is 0. The number of benzene rings is 1. The fraction of sp³-hybridized carbons (Fsp3) is 0.500. The Hall–Kier alpha value is -2.00. The Kier molecular flexibility index (Phi) is 3.85. The molecule has 0 amide bonds. The smallest absolute Gasteiger partial charge is 0.328 e. The highest BCUT2D eigenvalue weighted by Crippen LogP contribution is 2.32. The highest BCUT2D eigenvalue weighted by molar-refractivity contribution is 7.92. The second-order valence-corrected chi connectivity index (χ2v) is 7.48. The lowest BCUT2D eigenvalue weighted by Crippen LogP contribution is -2.36. The van der Waals surface area contributed by atoms with Crippen LogP contribution in [0.3, 0.4) is 0 Å². The quantitative estimate of drug-likeness (QED) is 0.856. The number of fused-ring (bicyclic) bond motifs is 1. The van der Waals surface area contributed by atoms with Crippen LogP contribution in [0.2, 0.25) is 0 Å². The number of aryl methyl sites for hydroxylation is 2. The molecule has 2 heterocycles. The number of morpholine rings is 1. The standard InChI is InChI=1S/C14H20N4O4S/c1-16-12-8-10(15-23(3,20)21)11(18-4-6-22-7-5-18)9-13(12)17(2)14(16)19/h8-9,15H,4-7H2,1-3H3. The van der Waals surface area contributed by atoms with Gasteiger partial charge in [0.2, 0.25) is 10.0 Å². The van der Waals surface area contributed by atoms with Crippen molar-refractivity contribution in [2.24, 2.45) is 14.1 Å². The molecule has 1 aromatic heterocycles. The van der Waals surface area contributed by atoms with Crippen LogP contribution in [0, 0.1) is 0 Å². The van der Waals surface area contributed by atoms with Gasteiger partial charge in [0.15, 0.2) is 0 Å². The van der Waals surface area contributed by atoms with E-state index < -0.39 is 10.0 Å². The van der Waals surface area contributed by atoms with E-state index >= 15 is 0 Å². The van der Waals surface area contributed by atoms with Gasteiger partial charge in [-0.15, -0.1) is 0 Å². The largest absolute Gasteiger partial charge is 0.378 e. The van der Waals surface area contributed by atoms with Crippen molar-refractivity contribution in [3.05, 3.63) is 22.6 Å². The van der Waals surface area contributed by atoms with E-state index in [1.165, 1.54) is 4.57 Å². The minimum absolute atomic E-state index is 0.149. The van der Waals surface area contributed by atoms with Crippen molar-refractivity contribution in [2.45, 2.75) is 0 Å². The minimum atomic E-state index is -3.43. The molecule has 1 saturated heterocycles. The maximum absolute atomic E-state index is 12.1. The van der Waals surface area contributed by atoms with Crippen molar-refractivity contribution in [1.29, 1.82) is 0 Å². The van der Waals surface area contributed by atoms with Gasteiger partial charge < -0.3 is 9.64 Å². The summed E-state index contributed by atoms with van der Waals surface area (Å²) in [6.45, 7) is 2.52.